The Bertz CT molecular complexity index is 2220. The van der Waals surface area contributed by atoms with Crippen LogP contribution >= 0.6 is 0 Å². The first kappa shape index (κ1) is 22.7. The predicted molar refractivity (Wildman–Crippen MR) is 165 cm³/mol. The summed E-state index contributed by atoms with van der Waals surface area (Å²) in [5.41, 5.74) is 2.26. The summed E-state index contributed by atoms with van der Waals surface area (Å²) in [5.74, 6) is 0. The minimum Gasteiger partial charge on any atom is -0.268 e. The molecule has 0 N–H and O–H groups in total. The van der Waals surface area contributed by atoms with Gasteiger partial charge in [-0.15, -0.1) is 0 Å². The fraction of sp³-hybridized carbons (Fsp3) is 0.222. The van der Waals surface area contributed by atoms with Crippen molar-refractivity contribution < 1.29 is 0 Å². The van der Waals surface area contributed by atoms with Crippen LogP contribution in [0.1, 0.15) is 52.7 Å². The highest BCUT2D eigenvalue weighted by atomic mass is 16.2. The summed E-state index contributed by atoms with van der Waals surface area (Å²) in [5, 5.41) is 12.5. The van der Waals surface area contributed by atoms with Crippen LogP contribution in [0.5, 0.6) is 0 Å². The van der Waals surface area contributed by atoms with Gasteiger partial charge in [-0.2, -0.15) is 0 Å². The molecule has 190 valence electrons. The number of hydrogen-bond donors (Lipinski definition) is 0. The maximum atomic E-state index is 14.3. The van der Waals surface area contributed by atoms with Crippen LogP contribution in [0.3, 0.4) is 0 Å². The van der Waals surface area contributed by atoms with Crippen molar-refractivity contribution in [1.29, 1.82) is 0 Å². The quantitative estimate of drug-likeness (QED) is 0.209. The number of fused-ring (bicyclic) bond motifs is 3. The van der Waals surface area contributed by atoms with Gasteiger partial charge < -0.3 is 0 Å². The minimum absolute atomic E-state index is 0.145. The third-order valence-electron chi connectivity index (χ3n) is 8.89. The van der Waals surface area contributed by atoms with Crippen LogP contribution in [0, 0.1) is 0 Å². The maximum Gasteiger partial charge on any atom is 0.266 e. The zero-order valence-electron chi connectivity index (χ0n) is 23.1. The highest BCUT2D eigenvalue weighted by Crippen LogP contribution is 2.53. The van der Waals surface area contributed by atoms with Gasteiger partial charge in [0.05, 0.1) is 16.5 Å². The van der Waals surface area contributed by atoms with Crippen molar-refractivity contribution in [2.75, 3.05) is 0 Å². The van der Waals surface area contributed by atoms with Crippen LogP contribution in [-0.4, -0.2) is 4.57 Å². The second-order valence-corrected chi connectivity index (χ2v) is 13.3. The molecule has 3 nitrogen and oxygen atoms in total. The normalized spacial score (nSPS) is 13.6. The van der Waals surface area contributed by atoms with Crippen LogP contribution in [0.2, 0.25) is 0 Å². The molecule has 1 aromatic heterocycles. The second-order valence-electron chi connectivity index (χ2n) is 13.3. The minimum atomic E-state index is -0.233. The van der Waals surface area contributed by atoms with E-state index in [9.17, 15) is 9.59 Å². The van der Waals surface area contributed by atoms with E-state index in [2.05, 4.69) is 77.9 Å². The first-order chi connectivity index (χ1) is 18.5. The van der Waals surface area contributed by atoms with Crippen LogP contribution in [-0.2, 0) is 10.8 Å². The van der Waals surface area contributed by atoms with Crippen molar-refractivity contribution in [1.82, 2.24) is 4.57 Å². The Labute approximate surface area is 225 Å². The van der Waals surface area contributed by atoms with Gasteiger partial charge in [0.2, 0.25) is 0 Å². The fourth-order valence-electron chi connectivity index (χ4n) is 7.24. The molecule has 1 heterocycles. The molecule has 0 unspecified atom stereocenters. The van der Waals surface area contributed by atoms with Gasteiger partial charge in [0, 0.05) is 0 Å². The van der Waals surface area contributed by atoms with Crippen LogP contribution in [0.15, 0.2) is 76.3 Å². The monoisotopic (exact) mass is 507 g/mol. The van der Waals surface area contributed by atoms with E-state index in [-0.39, 0.29) is 21.9 Å². The van der Waals surface area contributed by atoms with Crippen molar-refractivity contribution in [3.63, 3.8) is 0 Å². The van der Waals surface area contributed by atoms with Crippen molar-refractivity contribution in [2.24, 2.45) is 0 Å². The Kier molecular flexibility index (Phi) is 3.99. The molecule has 0 amide bonds. The van der Waals surface area contributed by atoms with E-state index in [1.807, 2.05) is 30.3 Å². The molecule has 0 radical (unpaired) electrons. The van der Waals surface area contributed by atoms with Crippen LogP contribution in [0.4, 0.5) is 0 Å². The van der Waals surface area contributed by atoms with Crippen molar-refractivity contribution >= 4 is 64.6 Å². The maximum absolute atomic E-state index is 14.3. The van der Waals surface area contributed by atoms with Gasteiger partial charge >= 0.3 is 0 Å². The number of rotatable bonds is 1. The van der Waals surface area contributed by atoms with Gasteiger partial charge in [0.15, 0.2) is 0 Å². The molecule has 0 bridgehead atoms. The van der Waals surface area contributed by atoms with E-state index < -0.39 is 0 Å². The average molecular weight is 508 g/mol. The third-order valence-corrected chi connectivity index (χ3v) is 8.89. The molecular formula is C36H29NO2. The molecule has 0 aliphatic carbocycles. The smallest absolute Gasteiger partial charge is 0.266 e. The molecule has 8 rings (SSSR count). The zero-order valence-corrected chi connectivity index (χ0v) is 23.1. The summed E-state index contributed by atoms with van der Waals surface area (Å²) < 4.78 is 1.37. The van der Waals surface area contributed by atoms with Gasteiger partial charge in [0.25, 0.3) is 11.1 Å². The van der Waals surface area contributed by atoms with Crippen molar-refractivity contribution in [3.05, 3.63) is 98.6 Å². The largest absolute Gasteiger partial charge is 0.268 e. The summed E-state index contributed by atoms with van der Waals surface area (Å²) in [6.07, 6.45) is 0. The zero-order chi connectivity index (χ0) is 27.2. The van der Waals surface area contributed by atoms with Gasteiger partial charge in [-0.05, 0) is 100 Å². The fourth-order valence-corrected chi connectivity index (χ4v) is 7.24. The Hall–Kier alpha value is -4.24. The van der Waals surface area contributed by atoms with Gasteiger partial charge in [0.1, 0.15) is 0 Å². The Balaban J connectivity index is 1.79. The first-order valence-corrected chi connectivity index (χ1v) is 13.7. The summed E-state index contributed by atoms with van der Waals surface area (Å²) in [6.45, 7) is 13.4. The molecule has 0 spiro atoms. The van der Waals surface area contributed by atoms with Gasteiger partial charge in [-0.3, -0.25) is 9.59 Å². The molecule has 39 heavy (non-hydrogen) atoms. The summed E-state index contributed by atoms with van der Waals surface area (Å²) in [6, 6.07) is 22.7. The van der Waals surface area contributed by atoms with E-state index >= 15 is 0 Å². The summed E-state index contributed by atoms with van der Waals surface area (Å²) in [4.78, 5) is 28.6. The highest BCUT2D eigenvalue weighted by molar-refractivity contribution is 6.48. The Morgan fingerprint density at radius 1 is 0.487 bits per heavy atom. The molecule has 0 atom stereocenters. The first-order valence-electron chi connectivity index (χ1n) is 13.7. The Morgan fingerprint density at radius 3 is 1.36 bits per heavy atom. The molecule has 7 aromatic carbocycles. The van der Waals surface area contributed by atoms with E-state index in [1.54, 1.807) is 0 Å². The molecule has 0 fully saturated rings. The highest BCUT2D eigenvalue weighted by Gasteiger charge is 2.32. The summed E-state index contributed by atoms with van der Waals surface area (Å²) in [7, 11) is 0. The predicted octanol–water partition coefficient (Wildman–Crippen LogP) is 8.46. The second kappa shape index (κ2) is 6.84. The lowest BCUT2D eigenvalue weighted by Crippen LogP contribution is -2.23. The molecule has 0 aliphatic heterocycles. The number of aromatic nitrogens is 1. The molecule has 0 saturated carbocycles. The van der Waals surface area contributed by atoms with Crippen LogP contribution in [0.25, 0.3) is 70.3 Å². The molecule has 8 aromatic rings. The van der Waals surface area contributed by atoms with E-state index in [1.165, 1.54) is 48.0 Å². The number of nitrogens with zero attached hydrogens (tertiary/aromatic N) is 1. The lowest BCUT2D eigenvalue weighted by atomic mass is 9.80. The summed E-state index contributed by atoms with van der Waals surface area (Å²) >= 11 is 0. The number of hydrogen-bond acceptors (Lipinski definition) is 2. The lowest BCUT2D eigenvalue weighted by Gasteiger charge is -2.23. The van der Waals surface area contributed by atoms with Crippen LogP contribution < -0.4 is 11.1 Å². The molecule has 3 heteroatoms. The number of benzene rings is 6. The molecular weight excluding hydrogens is 478 g/mol. The van der Waals surface area contributed by atoms with E-state index in [0.29, 0.717) is 16.5 Å². The van der Waals surface area contributed by atoms with Crippen molar-refractivity contribution in [2.45, 2.75) is 52.4 Å². The lowest BCUT2D eigenvalue weighted by molar-refractivity contribution is 0.596. The SMILES string of the molecule is CC(C)(C)c1cc2c3c(=O)n(-c4ccccc4)c(=O)c3c3cc(C(C)(C)C)c4ccc5ccc1c1c5c4c3c21. The topological polar surface area (TPSA) is 39.1 Å². The van der Waals surface area contributed by atoms with Crippen molar-refractivity contribution in [3.8, 4) is 5.69 Å². The van der Waals surface area contributed by atoms with Gasteiger partial charge in [-0.25, -0.2) is 4.57 Å². The standard InChI is InChI=1S/C36H29NO2/c1-35(2,3)24-16-22-29-27-20(24)14-12-18-13-15-21-25(36(4,5)6)17-23(30(29)28(21)26(18)27)32-31(22)33(38)37(34(32)39)19-10-8-7-9-11-19/h7-17H,1-6H3. The van der Waals surface area contributed by atoms with E-state index in [4.69, 9.17) is 0 Å². The molecule has 0 saturated heterocycles. The average Bonchev–Trinajstić information content (AvgIpc) is 3.38. The van der Waals surface area contributed by atoms with E-state index in [0.717, 1.165) is 21.5 Å². The third kappa shape index (κ3) is 2.63. The molecule has 0 aliphatic rings. The van der Waals surface area contributed by atoms with Gasteiger partial charge in [-0.1, -0.05) is 84.0 Å². The Morgan fingerprint density at radius 2 is 0.923 bits per heavy atom. The number of para-hydroxylation sites is 1.